The monoisotopic (exact) mass is 314 g/mol. The first-order chi connectivity index (χ1) is 11.1. The van der Waals surface area contributed by atoms with Crippen LogP contribution < -0.4 is 10.9 Å². The number of hydrogen-bond donors (Lipinski definition) is 1. The van der Waals surface area contributed by atoms with Gasteiger partial charge in [-0.3, -0.25) is 14.0 Å². The number of likely N-dealkylation sites (tertiary alicyclic amines) is 1. The Morgan fingerprint density at radius 1 is 1.43 bits per heavy atom. The number of pyridine rings is 1. The minimum atomic E-state index is -0.356. The summed E-state index contributed by atoms with van der Waals surface area (Å²) in [6, 6.07) is 5.29. The lowest BCUT2D eigenvalue weighted by Crippen LogP contribution is -2.41. The first kappa shape index (κ1) is 15.7. The van der Waals surface area contributed by atoms with E-state index in [1.807, 2.05) is 0 Å². The Morgan fingerprint density at radius 2 is 2.30 bits per heavy atom. The summed E-state index contributed by atoms with van der Waals surface area (Å²) in [7, 11) is 0. The van der Waals surface area contributed by atoms with E-state index in [1.54, 1.807) is 24.4 Å². The summed E-state index contributed by atoms with van der Waals surface area (Å²) < 4.78 is 1.39. The Balaban J connectivity index is 1.62. The predicted octanol–water partition coefficient (Wildman–Crippen LogP) is 1.16. The molecule has 6 heteroatoms. The van der Waals surface area contributed by atoms with Crippen LogP contribution in [0.2, 0.25) is 0 Å². The van der Waals surface area contributed by atoms with Crippen molar-refractivity contribution in [2.24, 2.45) is 5.92 Å². The fourth-order valence-corrected chi connectivity index (χ4v) is 3.10. The van der Waals surface area contributed by atoms with Gasteiger partial charge in [0.05, 0.1) is 0 Å². The third-order valence-corrected chi connectivity index (χ3v) is 4.31. The molecule has 0 radical (unpaired) electrons. The van der Waals surface area contributed by atoms with Crippen molar-refractivity contribution in [1.82, 2.24) is 19.6 Å². The molecule has 1 amide bonds. The van der Waals surface area contributed by atoms with Gasteiger partial charge in [0, 0.05) is 32.0 Å². The second-order valence-electron chi connectivity index (χ2n) is 6.21. The summed E-state index contributed by atoms with van der Waals surface area (Å²) >= 11 is 0. The molecule has 1 unspecified atom stereocenters. The molecule has 1 atom stereocenters. The zero-order valence-corrected chi connectivity index (χ0v) is 13.4. The van der Waals surface area contributed by atoms with Crippen LogP contribution in [-0.2, 0) is 0 Å². The number of nitrogens with zero attached hydrogens (tertiary/aromatic N) is 3. The molecule has 1 N–H and O–H groups in total. The highest BCUT2D eigenvalue weighted by Crippen LogP contribution is 2.14. The molecular formula is C17H22N4O2. The largest absolute Gasteiger partial charge is 0.351 e. The van der Waals surface area contributed by atoms with Gasteiger partial charge in [-0.05, 0) is 37.4 Å². The van der Waals surface area contributed by atoms with Gasteiger partial charge in [0.25, 0.3) is 11.5 Å². The highest BCUT2D eigenvalue weighted by Gasteiger charge is 2.17. The molecular weight excluding hydrogens is 292 g/mol. The van der Waals surface area contributed by atoms with Gasteiger partial charge in [-0.25, -0.2) is 4.98 Å². The summed E-state index contributed by atoms with van der Waals surface area (Å²) in [6.07, 6.45) is 5.47. The van der Waals surface area contributed by atoms with Gasteiger partial charge >= 0.3 is 0 Å². The number of piperidine rings is 1. The maximum Gasteiger partial charge on any atom is 0.270 e. The first-order valence-electron chi connectivity index (χ1n) is 8.12. The molecule has 0 aromatic carbocycles. The Morgan fingerprint density at radius 3 is 3.13 bits per heavy atom. The molecule has 0 bridgehead atoms. The fraction of sp³-hybridized carbons (Fsp3) is 0.471. The SMILES string of the molecule is CC1CCCN(CCNC(=O)c2cnc3ccccn3c2=O)C1. The molecule has 3 heterocycles. The van der Waals surface area contributed by atoms with Crippen molar-refractivity contribution in [3.63, 3.8) is 0 Å². The number of carbonyl (C=O) groups excluding carboxylic acids is 1. The van der Waals surface area contributed by atoms with Gasteiger partial charge in [0.15, 0.2) is 0 Å². The van der Waals surface area contributed by atoms with Crippen molar-refractivity contribution < 1.29 is 4.79 Å². The van der Waals surface area contributed by atoms with E-state index >= 15 is 0 Å². The first-order valence-corrected chi connectivity index (χ1v) is 8.12. The van der Waals surface area contributed by atoms with Crippen LogP contribution in [0.1, 0.15) is 30.1 Å². The molecule has 23 heavy (non-hydrogen) atoms. The summed E-state index contributed by atoms with van der Waals surface area (Å²) in [5.74, 6) is 0.361. The Kier molecular flexibility index (Phi) is 4.71. The number of rotatable bonds is 4. The maximum atomic E-state index is 12.3. The Labute approximate surface area is 135 Å². The van der Waals surface area contributed by atoms with E-state index in [0.717, 1.165) is 19.6 Å². The van der Waals surface area contributed by atoms with E-state index in [-0.39, 0.29) is 17.0 Å². The van der Waals surface area contributed by atoms with Crippen LogP contribution in [0.4, 0.5) is 0 Å². The minimum absolute atomic E-state index is 0.0840. The van der Waals surface area contributed by atoms with Crippen LogP contribution in [0.5, 0.6) is 0 Å². The molecule has 2 aromatic rings. The summed E-state index contributed by atoms with van der Waals surface area (Å²) in [4.78, 5) is 31.1. The lowest BCUT2D eigenvalue weighted by atomic mass is 10.0. The Hall–Kier alpha value is -2.21. The molecule has 1 fully saturated rings. The van der Waals surface area contributed by atoms with Crippen molar-refractivity contribution in [1.29, 1.82) is 0 Å². The van der Waals surface area contributed by atoms with Gasteiger partial charge in [-0.15, -0.1) is 0 Å². The molecule has 2 aromatic heterocycles. The van der Waals surface area contributed by atoms with Crippen LogP contribution in [-0.4, -0.2) is 46.4 Å². The van der Waals surface area contributed by atoms with E-state index in [1.165, 1.54) is 23.4 Å². The van der Waals surface area contributed by atoms with E-state index in [2.05, 4.69) is 22.1 Å². The quantitative estimate of drug-likeness (QED) is 0.919. The second kappa shape index (κ2) is 6.91. The van der Waals surface area contributed by atoms with E-state index < -0.39 is 0 Å². The summed E-state index contributed by atoms with van der Waals surface area (Å²) in [6.45, 7) is 5.78. The van der Waals surface area contributed by atoms with Gasteiger partial charge in [0.2, 0.25) is 0 Å². The number of fused-ring (bicyclic) bond motifs is 1. The third-order valence-electron chi connectivity index (χ3n) is 4.31. The molecule has 0 saturated carbocycles. The number of aromatic nitrogens is 2. The highest BCUT2D eigenvalue weighted by atomic mass is 16.2. The normalized spacial score (nSPS) is 18.9. The van der Waals surface area contributed by atoms with Crippen molar-refractivity contribution in [3.05, 3.63) is 46.5 Å². The topological polar surface area (TPSA) is 66.7 Å². The van der Waals surface area contributed by atoms with Gasteiger partial charge in [-0.1, -0.05) is 13.0 Å². The number of hydrogen-bond acceptors (Lipinski definition) is 4. The number of carbonyl (C=O) groups is 1. The fourth-order valence-electron chi connectivity index (χ4n) is 3.10. The molecule has 1 aliphatic rings. The van der Waals surface area contributed by atoms with Gasteiger partial charge in [0.1, 0.15) is 11.2 Å². The smallest absolute Gasteiger partial charge is 0.270 e. The molecule has 6 nitrogen and oxygen atoms in total. The highest BCUT2D eigenvalue weighted by molar-refractivity contribution is 5.93. The lowest BCUT2D eigenvalue weighted by Gasteiger charge is -2.30. The van der Waals surface area contributed by atoms with E-state index in [9.17, 15) is 9.59 Å². The second-order valence-corrected chi connectivity index (χ2v) is 6.21. The van der Waals surface area contributed by atoms with Crippen LogP contribution in [0.25, 0.3) is 5.65 Å². The van der Waals surface area contributed by atoms with Crippen LogP contribution >= 0.6 is 0 Å². The molecule has 0 aliphatic carbocycles. The van der Waals surface area contributed by atoms with E-state index in [0.29, 0.717) is 18.1 Å². The zero-order valence-electron chi connectivity index (χ0n) is 13.4. The number of amides is 1. The number of nitrogens with one attached hydrogen (secondary N) is 1. The molecule has 1 saturated heterocycles. The molecule has 0 spiro atoms. The standard InChI is InChI=1S/C17H22N4O2/c1-13-5-4-8-20(12-13)10-7-18-16(22)14-11-19-15-6-2-3-9-21(15)17(14)23/h2-3,6,9,11,13H,4-5,7-8,10,12H2,1H3,(H,18,22). The van der Waals surface area contributed by atoms with Crippen molar-refractivity contribution in [3.8, 4) is 0 Å². The minimum Gasteiger partial charge on any atom is -0.351 e. The summed E-state index contributed by atoms with van der Waals surface area (Å²) in [5, 5.41) is 2.83. The van der Waals surface area contributed by atoms with Crippen molar-refractivity contribution in [2.45, 2.75) is 19.8 Å². The maximum absolute atomic E-state index is 12.3. The van der Waals surface area contributed by atoms with Crippen LogP contribution in [0.15, 0.2) is 35.4 Å². The van der Waals surface area contributed by atoms with Crippen molar-refractivity contribution >= 4 is 11.6 Å². The average Bonchev–Trinajstić information content (AvgIpc) is 2.55. The summed E-state index contributed by atoms with van der Waals surface area (Å²) in [5.41, 5.74) is 0.289. The Bertz CT molecular complexity index is 756. The van der Waals surface area contributed by atoms with Gasteiger partial charge in [-0.2, -0.15) is 0 Å². The van der Waals surface area contributed by atoms with Crippen molar-refractivity contribution in [2.75, 3.05) is 26.2 Å². The molecule has 122 valence electrons. The van der Waals surface area contributed by atoms with Crippen LogP contribution in [0, 0.1) is 5.92 Å². The lowest BCUT2D eigenvalue weighted by molar-refractivity contribution is 0.0942. The van der Waals surface area contributed by atoms with E-state index in [4.69, 9.17) is 0 Å². The predicted molar refractivity (Wildman–Crippen MR) is 88.6 cm³/mol. The average molecular weight is 314 g/mol. The van der Waals surface area contributed by atoms with Gasteiger partial charge < -0.3 is 10.2 Å². The molecule has 1 aliphatic heterocycles. The third kappa shape index (κ3) is 3.59. The zero-order chi connectivity index (χ0) is 16.2. The van der Waals surface area contributed by atoms with Crippen LogP contribution in [0.3, 0.4) is 0 Å². The molecule has 3 rings (SSSR count).